The summed E-state index contributed by atoms with van der Waals surface area (Å²) < 4.78 is 7.76. The van der Waals surface area contributed by atoms with Crippen molar-refractivity contribution in [3.8, 4) is 16.3 Å². The monoisotopic (exact) mass is 464 g/mol. The number of aromatic nitrogens is 2. The highest BCUT2D eigenvalue weighted by atomic mass is 32.9. The van der Waals surface area contributed by atoms with Gasteiger partial charge in [-0.25, -0.2) is 0 Å². The Hall–Kier alpha value is -2.94. The van der Waals surface area contributed by atoms with Gasteiger partial charge in [-0.3, -0.25) is 9.59 Å². The van der Waals surface area contributed by atoms with Gasteiger partial charge in [0.05, 0.1) is 16.5 Å². The van der Waals surface area contributed by atoms with Gasteiger partial charge in [-0.05, 0) is 58.7 Å². The van der Waals surface area contributed by atoms with Gasteiger partial charge in [-0.1, -0.05) is 52.9 Å². The van der Waals surface area contributed by atoms with Crippen molar-refractivity contribution in [2.75, 3.05) is 0 Å². The highest BCUT2D eigenvalue weighted by molar-refractivity contribution is 7.81. The Morgan fingerprint density at radius 2 is 1.81 bits per heavy atom. The van der Waals surface area contributed by atoms with E-state index in [0.717, 1.165) is 44.3 Å². The third-order valence-corrected chi connectivity index (χ3v) is 7.67. The zero-order chi connectivity index (χ0) is 21.4. The van der Waals surface area contributed by atoms with Crippen LogP contribution in [0.1, 0.15) is 29.3 Å². The van der Waals surface area contributed by atoms with Gasteiger partial charge >= 0.3 is 10.8 Å². The van der Waals surface area contributed by atoms with Crippen LogP contribution in [-0.4, -0.2) is 20.4 Å². The highest BCUT2D eigenvalue weighted by Gasteiger charge is 2.32. The first-order valence-corrected chi connectivity index (χ1v) is 12.2. The van der Waals surface area contributed by atoms with Crippen molar-refractivity contribution >= 4 is 43.7 Å². The lowest BCUT2D eigenvalue weighted by Crippen LogP contribution is -2.16. The number of thiocarbonyl (C=S) groups is 1. The van der Waals surface area contributed by atoms with Gasteiger partial charge in [0, 0.05) is 17.8 Å². The normalized spacial score (nSPS) is 14.9. The fourth-order valence-electron chi connectivity index (χ4n) is 3.78. The van der Waals surface area contributed by atoms with Crippen molar-refractivity contribution in [3.63, 3.8) is 0 Å². The number of rotatable bonds is 5. The van der Waals surface area contributed by atoms with E-state index in [4.69, 9.17) is 17.0 Å². The van der Waals surface area contributed by atoms with E-state index in [2.05, 4.69) is 9.55 Å². The fraction of sp³-hybridized carbons (Fsp3) is 0.130. The lowest BCUT2D eigenvalue weighted by atomic mass is 10.1. The Kier molecular flexibility index (Phi) is 5.35. The smallest absolute Gasteiger partial charge is 0.337 e. The molecule has 1 atom stereocenters. The van der Waals surface area contributed by atoms with Crippen LogP contribution in [0.2, 0.25) is 0 Å². The van der Waals surface area contributed by atoms with Gasteiger partial charge < -0.3 is 9.30 Å². The molecule has 1 aliphatic heterocycles. The van der Waals surface area contributed by atoms with Crippen molar-refractivity contribution in [3.05, 3.63) is 93.3 Å². The van der Waals surface area contributed by atoms with Gasteiger partial charge in [0.1, 0.15) is 10.8 Å². The largest absolute Gasteiger partial charge is 0.426 e. The number of benzene rings is 2. The summed E-state index contributed by atoms with van der Waals surface area (Å²) in [6, 6.07) is 20.9. The molecule has 5 rings (SSSR count). The number of nitrogens with zero attached hydrogens (tertiary/aromatic N) is 2. The number of hydrogen-bond acceptors (Lipinski definition) is 7. The Labute approximate surface area is 191 Å². The number of carbonyl (C=O) groups is 1. The minimum absolute atomic E-state index is 0.203. The summed E-state index contributed by atoms with van der Waals surface area (Å²) >= 11 is 5.69. The Bertz CT molecular complexity index is 1320. The first-order chi connectivity index (χ1) is 15.1. The number of carbonyl (C=O) groups excluding carboxylic acids is 1. The molecule has 31 heavy (non-hydrogen) atoms. The molecule has 0 aliphatic carbocycles. The molecule has 3 heterocycles. The van der Waals surface area contributed by atoms with Crippen molar-refractivity contribution in [2.24, 2.45) is 0 Å². The van der Waals surface area contributed by atoms with E-state index in [1.165, 1.54) is 10.3 Å². The van der Waals surface area contributed by atoms with Crippen molar-refractivity contribution in [1.82, 2.24) is 9.55 Å². The van der Waals surface area contributed by atoms with Gasteiger partial charge in [-0.15, -0.1) is 0 Å². The summed E-state index contributed by atoms with van der Waals surface area (Å²) in [5, 5.41) is 0.670. The summed E-state index contributed by atoms with van der Waals surface area (Å²) in [5.74, 6) is -0.128. The molecule has 0 saturated heterocycles. The second-order valence-corrected chi connectivity index (χ2v) is 9.60. The molecule has 154 valence electrons. The maximum absolute atomic E-state index is 12.9. The third kappa shape index (κ3) is 3.89. The Balaban J connectivity index is 1.32. The molecule has 0 bridgehead atoms. The van der Waals surface area contributed by atoms with E-state index in [0.29, 0.717) is 17.2 Å². The minimum Gasteiger partial charge on any atom is -0.426 e. The average Bonchev–Trinajstić information content (AvgIpc) is 3.51. The SMILES string of the molecule is O=C(Oc1ccc(-c2nc(=O)ss2)cc1)C1CCn2c(C(=S)c3ccccc3)ccc21. The fourth-order valence-corrected chi connectivity index (χ4v) is 5.74. The van der Waals surface area contributed by atoms with Crippen LogP contribution >= 0.6 is 32.9 Å². The molecule has 2 aromatic heterocycles. The van der Waals surface area contributed by atoms with E-state index >= 15 is 0 Å². The number of hydrogen-bond donors (Lipinski definition) is 0. The maximum Gasteiger partial charge on any atom is 0.337 e. The van der Waals surface area contributed by atoms with Crippen LogP contribution in [0.25, 0.3) is 10.6 Å². The van der Waals surface area contributed by atoms with Gasteiger partial charge in [0.25, 0.3) is 0 Å². The van der Waals surface area contributed by atoms with Gasteiger partial charge in [0.2, 0.25) is 0 Å². The molecular weight excluding hydrogens is 448 g/mol. The predicted molar refractivity (Wildman–Crippen MR) is 126 cm³/mol. The third-order valence-electron chi connectivity index (χ3n) is 5.27. The molecule has 1 aliphatic rings. The first-order valence-electron chi connectivity index (χ1n) is 9.68. The zero-order valence-electron chi connectivity index (χ0n) is 16.2. The molecule has 0 fully saturated rings. The lowest BCUT2D eigenvalue weighted by Gasteiger charge is -2.10. The van der Waals surface area contributed by atoms with E-state index in [1.54, 1.807) is 24.3 Å². The second kappa shape index (κ2) is 8.30. The van der Waals surface area contributed by atoms with Gasteiger partial charge in [-0.2, -0.15) is 4.98 Å². The molecule has 0 radical (unpaired) electrons. The minimum atomic E-state index is -0.323. The van der Waals surface area contributed by atoms with Crippen molar-refractivity contribution in [2.45, 2.75) is 18.9 Å². The second-order valence-electron chi connectivity index (χ2n) is 7.13. The predicted octanol–water partition coefficient (Wildman–Crippen LogP) is 4.89. The van der Waals surface area contributed by atoms with Crippen LogP contribution in [0.4, 0.5) is 0 Å². The van der Waals surface area contributed by atoms with Crippen LogP contribution in [-0.2, 0) is 11.3 Å². The zero-order valence-corrected chi connectivity index (χ0v) is 18.6. The highest BCUT2D eigenvalue weighted by Crippen LogP contribution is 2.33. The number of fused-ring (bicyclic) bond motifs is 1. The van der Waals surface area contributed by atoms with Crippen LogP contribution in [0.15, 0.2) is 71.5 Å². The summed E-state index contributed by atoms with van der Waals surface area (Å²) in [6.45, 7) is 0.728. The van der Waals surface area contributed by atoms with E-state index in [-0.39, 0.29) is 16.8 Å². The quantitative estimate of drug-likeness (QED) is 0.138. The van der Waals surface area contributed by atoms with E-state index in [1.807, 2.05) is 42.5 Å². The summed E-state index contributed by atoms with van der Waals surface area (Å²) in [7, 11) is 2.44. The molecule has 0 N–H and O–H groups in total. The van der Waals surface area contributed by atoms with Crippen molar-refractivity contribution in [1.29, 1.82) is 0 Å². The van der Waals surface area contributed by atoms with E-state index in [9.17, 15) is 9.59 Å². The molecule has 0 spiro atoms. The van der Waals surface area contributed by atoms with E-state index < -0.39 is 0 Å². The van der Waals surface area contributed by atoms with Crippen LogP contribution in [0, 0.1) is 0 Å². The standard InChI is InChI=1S/C23H16N2O3S3/c26-22(28-16-8-6-15(7-9-16)21-24-23(27)31-30-21)17-12-13-25-18(17)10-11-19(25)20(29)14-4-2-1-3-5-14/h1-11,17H,12-13H2. The topological polar surface area (TPSA) is 61.2 Å². The van der Waals surface area contributed by atoms with Crippen LogP contribution < -0.4 is 9.61 Å². The van der Waals surface area contributed by atoms with Crippen LogP contribution in [0.3, 0.4) is 0 Å². The Morgan fingerprint density at radius 1 is 1.03 bits per heavy atom. The maximum atomic E-state index is 12.9. The first kappa shape index (κ1) is 20.0. The Morgan fingerprint density at radius 3 is 2.52 bits per heavy atom. The molecule has 5 nitrogen and oxygen atoms in total. The average molecular weight is 465 g/mol. The van der Waals surface area contributed by atoms with Crippen LogP contribution in [0.5, 0.6) is 5.75 Å². The molecular formula is C23H16N2O3S3. The van der Waals surface area contributed by atoms with Gasteiger partial charge in [0.15, 0.2) is 0 Å². The number of esters is 1. The molecule has 0 amide bonds. The molecule has 4 aromatic rings. The summed E-state index contributed by atoms with van der Waals surface area (Å²) in [6.07, 6.45) is 0.685. The summed E-state index contributed by atoms with van der Waals surface area (Å²) in [5.41, 5.74) is 3.71. The molecule has 2 aromatic carbocycles. The molecule has 8 heteroatoms. The lowest BCUT2D eigenvalue weighted by molar-refractivity contribution is -0.136. The molecule has 0 saturated carbocycles. The van der Waals surface area contributed by atoms with Crippen molar-refractivity contribution < 1.29 is 9.53 Å². The molecule has 1 unspecified atom stereocenters. The summed E-state index contributed by atoms with van der Waals surface area (Å²) in [4.78, 5) is 28.7. The number of ether oxygens (including phenoxy) is 1.